The number of rotatable bonds is 0. The van der Waals surface area contributed by atoms with E-state index in [0.29, 0.717) is 0 Å². The van der Waals surface area contributed by atoms with Crippen LogP contribution in [0.4, 0.5) is 0 Å². The lowest BCUT2D eigenvalue weighted by molar-refractivity contribution is 0.519. The van der Waals surface area contributed by atoms with E-state index in [0.717, 1.165) is 5.70 Å². The average molecular weight is 149 g/mol. The van der Waals surface area contributed by atoms with E-state index in [1.807, 2.05) is 0 Å². The lowest BCUT2D eigenvalue weighted by Gasteiger charge is -2.28. The fourth-order valence-electron chi connectivity index (χ4n) is 1.24. The number of hydrogen-bond donors (Lipinski definition) is 0. The monoisotopic (exact) mass is 149 g/mol. The number of allylic oxidation sites excluding steroid dienone is 4. The predicted molar refractivity (Wildman–Crippen MR) is 49.0 cm³/mol. The average Bonchev–Trinajstić information content (AvgIpc) is 1.97. The number of likely N-dealkylation sites (N-methyl/N-ethyl adjacent to an activating group) is 1. The van der Waals surface area contributed by atoms with Crippen molar-refractivity contribution in [3.63, 3.8) is 0 Å². The van der Waals surface area contributed by atoms with Gasteiger partial charge in [-0.15, -0.1) is 0 Å². The molecule has 0 aromatic rings. The van der Waals surface area contributed by atoms with Crippen molar-refractivity contribution in [2.45, 2.75) is 20.8 Å². The maximum atomic E-state index is 3.98. The summed E-state index contributed by atoms with van der Waals surface area (Å²) >= 11 is 0. The summed E-state index contributed by atoms with van der Waals surface area (Å²) in [5, 5.41) is 0. The Morgan fingerprint density at radius 2 is 1.82 bits per heavy atom. The van der Waals surface area contributed by atoms with Crippen LogP contribution in [0.2, 0.25) is 0 Å². The summed E-state index contributed by atoms with van der Waals surface area (Å²) in [5.74, 6) is 0. The minimum atomic E-state index is 1.10. The van der Waals surface area contributed by atoms with E-state index >= 15 is 0 Å². The zero-order valence-electron chi connectivity index (χ0n) is 7.73. The Balaban J connectivity index is 3.11. The first kappa shape index (κ1) is 8.12. The summed E-state index contributed by atoms with van der Waals surface area (Å²) in [7, 11) is 2.05. The van der Waals surface area contributed by atoms with Gasteiger partial charge in [-0.2, -0.15) is 0 Å². The van der Waals surface area contributed by atoms with Gasteiger partial charge in [-0.1, -0.05) is 12.7 Å². The van der Waals surface area contributed by atoms with E-state index in [2.05, 4.69) is 45.4 Å². The molecule has 0 aromatic carbocycles. The summed E-state index contributed by atoms with van der Waals surface area (Å²) in [5.41, 5.74) is 4.99. The van der Waals surface area contributed by atoms with Crippen molar-refractivity contribution in [1.82, 2.24) is 4.90 Å². The second kappa shape index (κ2) is 2.57. The van der Waals surface area contributed by atoms with Crippen molar-refractivity contribution < 1.29 is 0 Å². The standard InChI is InChI=1S/C10H15N/c1-7-6-8(2)10(4)11(5)9(7)3/h6H,3H2,1-2,4-5H3. The summed E-state index contributed by atoms with van der Waals surface area (Å²) in [6, 6.07) is 0. The molecule has 1 aliphatic heterocycles. The van der Waals surface area contributed by atoms with E-state index in [1.54, 1.807) is 0 Å². The molecule has 0 N–H and O–H groups in total. The highest BCUT2D eigenvalue weighted by Gasteiger charge is 2.12. The van der Waals surface area contributed by atoms with Gasteiger partial charge in [0.05, 0.1) is 0 Å². The largest absolute Gasteiger partial charge is 0.348 e. The molecule has 60 valence electrons. The van der Waals surface area contributed by atoms with Crippen LogP contribution in [0.15, 0.2) is 35.2 Å². The van der Waals surface area contributed by atoms with Crippen LogP contribution in [-0.4, -0.2) is 11.9 Å². The number of hydrogen-bond acceptors (Lipinski definition) is 1. The Morgan fingerprint density at radius 1 is 1.27 bits per heavy atom. The first-order valence-corrected chi connectivity index (χ1v) is 3.83. The summed E-state index contributed by atoms with van der Waals surface area (Å²) in [4.78, 5) is 2.13. The van der Waals surface area contributed by atoms with E-state index in [4.69, 9.17) is 0 Å². The van der Waals surface area contributed by atoms with Crippen molar-refractivity contribution in [1.29, 1.82) is 0 Å². The molecule has 0 radical (unpaired) electrons. The fraction of sp³-hybridized carbons (Fsp3) is 0.400. The summed E-state index contributed by atoms with van der Waals surface area (Å²) < 4.78 is 0. The fourth-order valence-corrected chi connectivity index (χ4v) is 1.24. The second-order valence-electron chi connectivity index (χ2n) is 3.10. The van der Waals surface area contributed by atoms with Crippen LogP contribution in [0.5, 0.6) is 0 Å². The van der Waals surface area contributed by atoms with Crippen molar-refractivity contribution >= 4 is 0 Å². The SMILES string of the molecule is C=C1C(C)=CC(C)=C(C)N1C. The van der Waals surface area contributed by atoms with Crippen LogP contribution >= 0.6 is 0 Å². The quantitative estimate of drug-likeness (QED) is 0.512. The van der Waals surface area contributed by atoms with Crippen molar-refractivity contribution in [3.8, 4) is 0 Å². The van der Waals surface area contributed by atoms with Gasteiger partial charge < -0.3 is 4.90 Å². The molecule has 1 nitrogen and oxygen atoms in total. The smallest absolute Gasteiger partial charge is 0.0362 e. The highest BCUT2D eigenvalue weighted by atomic mass is 15.1. The summed E-state index contributed by atoms with van der Waals surface area (Å²) in [6.07, 6.45) is 2.18. The third kappa shape index (κ3) is 1.23. The van der Waals surface area contributed by atoms with Gasteiger partial charge in [-0.3, -0.25) is 0 Å². The Bertz CT molecular complexity index is 256. The molecule has 0 fully saturated rings. The first-order chi connectivity index (χ1) is 5.04. The Labute approximate surface area is 68.7 Å². The molecule has 0 saturated carbocycles. The van der Waals surface area contributed by atoms with E-state index in [9.17, 15) is 0 Å². The van der Waals surface area contributed by atoms with Crippen LogP contribution in [-0.2, 0) is 0 Å². The van der Waals surface area contributed by atoms with Crippen LogP contribution in [0, 0.1) is 0 Å². The molecular weight excluding hydrogens is 134 g/mol. The number of nitrogens with zero attached hydrogens (tertiary/aromatic N) is 1. The van der Waals surface area contributed by atoms with Crippen molar-refractivity contribution in [2.24, 2.45) is 0 Å². The normalized spacial score (nSPS) is 19.1. The molecular formula is C10H15N. The van der Waals surface area contributed by atoms with Gasteiger partial charge in [0.15, 0.2) is 0 Å². The van der Waals surface area contributed by atoms with Gasteiger partial charge >= 0.3 is 0 Å². The predicted octanol–water partition coefficient (Wildman–Crippen LogP) is 2.69. The van der Waals surface area contributed by atoms with Gasteiger partial charge in [0.2, 0.25) is 0 Å². The first-order valence-electron chi connectivity index (χ1n) is 3.83. The third-order valence-electron chi connectivity index (χ3n) is 2.37. The molecule has 0 aromatic heterocycles. The third-order valence-corrected chi connectivity index (χ3v) is 2.37. The molecule has 1 heterocycles. The molecule has 0 bridgehead atoms. The maximum absolute atomic E-state index is 3.98. The van der Waals surface area contributed by atoms with Gasteiger partial charge in [0.25, 0.3) is 0 Å². The van der Waals surface area contributed by atoms with E-state index < -0.39 is 0 Å². The Morgan fingerprint density at radius 3 is 2.36 bits per heavy atom. The minimum absolute atomic E-state index is 1.10. The van der Waals surface area contributed by atoms with Gasteiger partial charge in [-0.05, 0) is 31.9 Å². The molecule has 1 rings (SSSR count). The zero-order valence-corrected chi connectivity index (χ0v) is 7.73. The van der Waals surface area contributed by atoms with Gasteiger partial charge in [0, 0.05) is 18.4 Å². The Kier molecular flexibility index (Phi) is 1.90. The topological polar surface area (TPSA) is 3.24 Å². The van der Waals surface area contributed by atoms with Crippen molar-refractivity contribution in [3.05, 3.63) is 35.2 Å². The molecule has 1 aliphatic rings. The zero-order chi connectivity index (χ0) is 8.59. The molecule has 11 heavy (non-hydrogen) atoms. The second-order valence-corrected chi connectivity index (χ2v) is 3.10. The molecule has 0 saturated heterocycles. The lowest BCUT2D eigenvalue weighted by atomic mass is 10.0. The van der Waals surface area contributed by atoms with Crippen LogP contribution < -0.4 is 0 Å². The Hall–Kier alpha value is -0.980. The molecule has 0 spiro atoms. The summed E-state index contributed by atoms with van der Waals surface area (Å²) in [6.45, 7) is 10.3. The minimum Gasteiger partial charge on any atom is -0.348 e. The molecule has 0 atom stereocenters. The maximum Gasteiger partial charge on any atom is 0.0362 e. The highest BCUT2D eigenvalue weighted by Crippen LogP contribution is 2.25. The van der Waals surface area contributed by atoms with Crippen LogP contribution in [0.1, 0.15) is 20.8 Å². The van der Waals surface area contributed by atoms with E-state index in [1.165, 1.54) is 16.8 Å². The highest BCUT2D eigenvalue weighted by molar-refractivity contribution is 5.41. The van der Waals surface area contributed by atoms with E-state index in [-0.39, 0.29) is 0 Å². The van der Waals surface area contributed by atoms with Crippen LogP contribution in [0.25, 0.3) is 0 Å². The van der Waals surface area contributed by atoms with Crippen molar-refractivity contribution in [2.75, 3.05) is 7.05 Å². The molecule has 1 heteroatoms. The van der Waals surface area contributed by atoms with Gasteiger partial charge in [0.1, 0.15) is 0 Å². The van der Waals surface area contributed by atoms with Crippen LogP contribution in [0.3, 0.4) is 0 Å². The molecule has 0 aliphatic carbocycles. The molecule has 0 unspecified atom stereocenters. The van der Waals surface area contributed by atoms with Gasteiger partial charge in [-0.25, -0.2) is 0 Å². The lowest BCUT2D eigenvalue weighted by Crippen LogP contribution is -2.19. The molecule has 0 amide bonds.